The minimum Gasteiger partial charge on any atom is -0.478 e. The molecule has 2 fully saturated rings. The minimum atomic E-state index is -0.879. The van der Waals surface area contributed by atoms with E-state index in [0.29, 0.717) is 11.6 Å². The summed E-state index contributed by atoms with van der Waals surface area (Å²) in [5, 5.41) is 10.7. The number of aryl methyl sites for hydroxylation is 2. The van der Waals surface area contributed by atoms with E-state index in [-0.39, 0.29) is 11.6 Å². The largest absolute Gasteiger partial charge is 0.478 e. The van der Waals surface area contributed by atoms with E-state index in [4.69, 9.17) is 4.74 Å². The van der Waals surface area contributed by atoms with Gasteiger partial charge in [-0.2, -0.15) is 0 Å². The third kappa shape index (κ3) is 3.35. The zero-order chi connectivity index (χ0) is 22.5. The van der Waals surface area contributed by atoms with Crippen LogP contribution in [0.3, 0.4) is 0 Å². The first-order valence-electron chi connectivity index (χ1n) is 11.7. The molecule has 2 bridgehead atoms. The predicted octanol–water partition coefficient (Wildman–Crippen LogP) is 5.54. The monoisotopic (exact) mass is 432 g/mol. The summed E-state index contributed by atoms with van der Waals surface area (Å²) in [4.78, 5) is 17.5. The lowest BCUT2D eigenvalue weighted by molar-refractivity contribution is -0.0591. The number of rotatable bonds is 6. The molecule has 0 saturated carbocycles. The lowest BCUT2D eigenvalue weighted by atomic mass is 9.79. The second-order valence-electron chi connectivity index (χ2n) is 9.51. The van der Waals surface area contributed by atoms with Crippen molar-refractivity contribution in [2.24, 2.45) is 0 Å². The fraction of sp³-hybridized carbons (Fsp3) is 0.444. The first-order chi connectivity index (χ1) is 15.4. The number of H-pyrrole nitrogens is 1. The van der Waals surface area contributed by atoms with E-state index in [0.717, 1.165) is 38.8 Å². The number of nitrogens with zero attached hydrogens (tertiary/aromatic N) is 1. The van der Waals surface area contributed by atoms with Gasteiger partial charge >= 0.3 is 5.97 Å². The smallest absolute Gasteiger partial charge is 0.335 e. The molecule has 3 aromatic rings. The Morgan fingerprint density at radius 1 is 1.22 bits per heavy atom. The van der Waals surface area contributed by atoms with Crippen LogP contribution in [0.5, 0.6) is 0 Å². The van der Waals surface area contributed by atoms with Gasteiger partial charge in [-0.1, -0.05) is 18.2 Å². The van der Waals surface area contributed by atoms with Gasteiger partial charge < -0.3 is 14.8 Å². The van der Waals surface area contributed by atoms with Gasteiger partial charge in [0.25, 0.3) is 0 Å². The molecule has 1 unspecified atom stereocenters. The van der Waals surface area contributed by atoms with Crippen LogP contribution >= 0.6 is 0 Å². The first kappa shape index (κ1) is 21.2. The number of carboxylic acids is 1. The van der Waals surface area contributed by atoms with Crippen LogP contribution in [-0.2, 0) is 16.8 Å². The fourth-order valence-electron chi connectivity index (χ4n) is 6.30. The number of aromatic amines is 1. The summed E-state index contributed by atoms with van der Waals surface area (Å²) in [5.41, 5.74) is 6.65. The zero-order valence-electron chi connectivity index (χ0n) is 19.1. The molecule has 2 aliphatic rings. The Hall–Kier alpha value is -2.63. The molecule has 3 atom stereocenters. The van der Waals surface area contributed by atoms with Crippen molar-refractivity contribution in [3.8, 4) is 0 Å². The summed E-state index contributed by atoms with van der Waals surface area (Å²) < 4.78 is 6.14. The van der Waals surface area contributed by atoms with Crippen molar-refractivity contribution in [1.82, 2.24) is 9.88 Å². The number of hydrogen-bond donors (Lipinski definition) is 2. The minimum absolute atomic E-state index is 0.125. The molecule has 1 aromatic heterocycles. The van der Waals surface area contributed by atoms with Crippen molar-refractivity contribution in [2.75, 3.05) is 6.61 Å². The highest BCUT2D eigenvalue weighted by Gasteiger charge is 2.52. The van der Waals surface area contributed by atoms with Crippen LogP contribution in [0.4, 0.5) is 0 Å². The molecule has 5 nitrogen and oxygen atoms in total. The molecule has 5 heteroatoms. The van der Waals surface area contributed by atoms with Gasteiger partial charge in [-0.05, 0) is 86.9 Å². The predicted molar refractivity (Wildman–Crippen MR) is 126 cm³/mol. The Labute approximate surface area is 189 Å². The van der Waals surface area contributed by atoms with Crippen molar-refractivity contribution in [3.63, 3.8) is 0 Å². The summed E-state index contributed by atoms with van der Waals surface area (Å²) >= 11 is 0. The summed E-state index contributed by atoms with van der Waals surface area (Å²) in [6.45, 7) is 8.08. The van der Waals surface area contributed by atoms with E-state index in [1.807, 2.05) is 18.3 Å². The summed E-state index contributed by atoms with van der Waals surface area (Å²) in [5.74, 6) is -0.879. The van der Waals surface area contributed by atoms with Gasteiger partial charge in [0.15, 0.2) is 0 Å². The highest BCUT2D eigenvalue weighted by molar-refractivity contribution is 5.88. The second kappa shape index (κ2) is 8.05. The van der Waals surface area contributed by atoms with E-state index in [1.165, 1.54) is 33.2 Å². The van der Waals surface area contributed by atoms with Crippen LogP contribution in [0.25, 0.3) is 10.9 Å². The molecule has 2 aromatic carbocycles. The average molecular weight is 433 g/mol. The van der Waals surface area contributed by atoms with Crippen LogP contribution in [0.2, 0.25) is 0 Å². The van der Waals surface area contributed by atoms with Crippen molar-refractivity contribution >= 4 is 16.9 Å². The maximum absolute atomic E-state index is 11.4. The standard InChI is InChI=1S/C27H32N2O3/c1-4-32-22-14-21-9-11-27(15-22,20-7-5-19(6-8-20)26(30)31)29(21)16-24-17(2)13-18(3)25-23(24)10-12-28-25/h5-8,10,12-13,21-22,28H,4,9,11,14-16H2,1-3H3,(H,30,31)/t21-,22+,27?/m1/s1. The fourth-order valence-corrected chi connectivity index (χ4v) is 6.30. The van der Waals surface area contributed by atoms with E-state index in [9.17, 15) is 9.90 Å². The van der Waals surface area contributed by atoms with Crippen molar-refractivity contribution < 1.29 is 14.6 Å². The first-order valence-corrected chi connectivity index (χ1v) is 11.7. The van der Waals surface area contributed by atoms with E-state index >= 15 is 0 Å². The van der Waals surface area contributed by atoms with Crippen molar-refractivity contribution in [3.05, 3.63) is 70.4 Å². The van der Waals surface area contributed by atoms with Crippen LogP contribution in [-0.4, -0.2) is 39.7 Å². The Morgan fingerprint density at radius 3 is 2.72 bits per heavy atom. The molecule has 2 aliphatic heterocycles. The molecule has 0 radical (unpaired) electrons. The lowest BCUT2D eigenvalue weighted by Gasteiger charge is -2.48. The summed E-state index contributed by atoms with van der Waals surface area (Å²) in [6, 6.07) is 12.5. The second-order valence-corrected chi connectivity index (χ2v) is 9.51. The van der Waals surface area contributed by atoms with Crippen molar-refractivity contribution in [1.29, 1.82) is 0 Å². The van der Waals surface area contributed by atoms with Crippen LogP contribution in [0, 0.1) is 13.8 Å². The van der Waals surface area contributed by atoms with Gasteiger partial charge in [0.05, 0.1) is 11.7 Å². The normalized spacial score (nSPS) is 25.5. The molecule has 2 N–H and O–H groups in total. The molecular weight excluding hydrogens is 400 g/mol. The Morgan fingerprint density at radius 2 is 2.00 bits per heavy atom. The van der Waals surface area contributed by atoms with Gasteiger partial charge in [0, 0.05) is 41.8 Å². The van der Waals surface area contributed by atoms with Crippen LogP contribution < -0.4 is 0 Å². The molecule has 5 rings (SSSR count). The quantitative estimate of drug-likeness (QED) is 0.537. The third-order valence-electron chi connectivity index (χ3n) is 7.76. The number of carbonyl (C=O) groups is 1. The highest BCUT2D eigenvalue weighted by atomic mass is 16.5. The number of piperidine rings is 1. The maximum atomic E-state index is 11.4. The summed E-state index contributed by atoms with van der Waals surface area (Å²) in [6.07, 6.45) is 6.51. The molecular formula is C27H32N2O3. The number of aromatic carboxylic acids is 1. The summed E-state index contributed by atoms with van der Waals surface area (Å²) in [7, 11) is 0. The zero-order valence-corrected chi connectivity index (χ0v) is 19.1. The van der Waals surface area contributed by atoms with Crippen molar-refractivity contribution in [2.45, 2.75) is 70.7 Å². The Balaban J connectivity index is 1.58. The Bertz CT molecular complexity index is 1150. The number of fused-ring (bicyclic) bond motifs is 3. The van der Waals surface area contributed by atoms with Gasteiger partial charge in [0.1, 0.15) is 0 Å². The molecule has 0 spiro atoms. The molecule has 32 heavy (non-hydrogen) atoms. The van der Waals surface area contributed by atoms with E-state index < -0.39 is 5.97 Å². The molecule has 0 aliphatic carbocycles. The maximum Gasteiger partial charge on any atom is 0.335 e. The van der Waals surface area contributed by atoms with E-state index in [1.54, 1.807) is 12.1 Å². The van der Waals surface area contributed by atoms with Gasteiger partial charge in [-0.25, -0.2) is 4.79 Å². The topological polar surface area (TPSA) is 65.6 Å². The highest BCUT2D eigenvalue weighted by Crippen LogP contribution is 2.52. The molecule has 168 valence electrons. The molecule has 0 amide bonds. The Kier molecular flexibility index (Phi) is 5.34. The SMILES string of the molecule is CCO[C@H]1C[C@H]2CCC(c3ccc(C(=O)O)cc3)(C1)N2Cc1c(C)cc(C)c2[nH]ccc12. The molecule has 3 heterocycles. The number of ether oxygens (including phenoxy) is 1. The third-order valence-corrected chi connectivity index (χ3v) is 7.76. The van der Waals surface area contributed by atoms with Gasteiger partial charge in [-0.15, -0.1) is 0 Å². The lowest BCUT2D eigenvalue weighted by Crippen LogP contribution is -2.52. The van der Waals surface area contributed by atoms with Gasteiger partial charge in [-0.3, -0.25) is 4.90 Å². The van der Waals surface area contributed by atoms with Crippen LogP contribution in [0.1, 0.15) is 65.2 Å². The number of benzene rings is 2. The number of aromatic nitrogens is 1. The van der Waals surface area contributed by atoms with Crippen LogP contribution in [0.15, 0.2) is 42.6 Å². The van der Waals surface area contributed by atoms with E-state index in [2.05, 4.69) is 42.8 Å². The number of carboxylic acid groups (broad SMARTS) is 1. The number of nitrogens with one attached hydrogen (secondary N) is 1. The number of hydrogen-bond acceptors (Lipinski definition) is 3. The van der Waals surface area contributed by atoms with Gasteiger partial charge in [0.2, 0.25) is 0 Å². The molecule has 2 saturated heterocycles. The average Bonchev–Trinajstić information content (AvgIpc) is 3.33.